The molecule has 0 saturated carbocycles. The second kappa shape index (κ2) is 7.49. The highest BCUT2D eigenvalue weighted by Gasteiger charge is 2.37. The van der Waals surface area contributed by atoms with Gasteiger partial charge in [-0.15, -0.1) is 0 Å². The van der Waals surface area contributed by atoms with Gasteiger partial charge in [0.25, 0.3) is 6.71 Å². The summed E-state index contributed by atoms with van der Waals surface area (Å²) in [6, 6.07) is 30.8. The molecule has 0 bridgehead atoms. The van der Waals surface area contributed by atoms with Crippen LogP contribution in [0.2, 0.25) is 0 Å². The predicted molar refractivity (Wildman–Crippen MR) is 138 cm³/mol. The Kier molecular flexibility index (Phi) is 4.17. The van der Waals surface area contributed by atoms with Crippen molar-refractivity contribution in [1.29, 1.82) is 0 Å². The summed E-state index contributed by atoms with van der Waals surface area (Å²) in [5.41, 5.74) is 10.1. The molecule has 0 aliphatic carbocycles. The number of pyridine rings is 2. The molecule has 160 valence electrons. The number of nitrogens with one attached hydrogen (secondary N) is 2. The van der Waals surface area contributed by atoms with Crippen molar-refractivity contribution in [1.82, 2.24) is 9.97 Å². The molecule has 4 heterocycles. The van der Waals surface area contributed by atoms with Gasteiger partial charge in [-0.3, -0.25) is 4.98 Å². The van der Waals surface area contributed by atoms with Crippen LogP contribution in [-0.4, -0.2) is 16.7 Å². The van der Waals surface area contributed by atoms with Crippen molar-refractivity contribution in [2.75, 3.05) is 10.6 Å². The number of ether oxygens (including phenoxy) is 1. The quantitative estimate of drug-likeness (QED) is 0.396. The van der Waals surface area contributed by atoms with Crippen LogP contribution in [0, 0.1) is 0 Å². The second-order valence-corrected chi connectivity index (χ2v) is 8.49. The lowest BCUT2D eigenvalue weighted by molar-refractivity contribution is 0.463. The highest BCUT2D eigenvalue weighted by atomic mass is 16.5. The lowest BCUT2D eigenvalue weighted by atomic mass is 9.33. The molecular formula is C28H19BN4O. The monoisotopic (exact) mass is 438 g/mol. The Morgan fingerprint density at radius 3 is 2.09 bits per heavy atom. The SMILES string of the molecule is c1ccc(Oc2ccc3c(c2)B2c4cc(-c5ccccn5)ccc4Nc4cccc(c42)N3)nc1. The average Bonchev–Trinajstić information content (AvgIpc) is 2.89. The predicted octanol–water partition coefficient (Wildman–Crippen LogP) is 4.57. The number of hydrogen-bond acceptors (Lipinski definition) is 5. The maximum Gasteiger partial charge on any atom is 0.252 e. The molecule has 3 aromatic carbocycles. The summed E-state index contributed by atoms with van der Waals surface area (Å²) < 4.78 is 6.09. The van der Waals surface area contributed by atoms with E-state index in [-0.39, 0.29) is 6.71 Å². The third-order valence-electron chi connectivity index (χ3n) is 6.45. The Morgan fingerprint density at radius 1 is 0.618 bits per heavy atom. The van der Waals surface area contributed by atoms with E-state index in [0.29, 0.717) is 5.88 Å². The van der Waals surface area contributed by atoms with Crippen molar-refractivity contribution in [3.8, 4) is 22.9 Å². The van der Waals surface area contributed by atoms with Gasteiger partial charge in [0.15, 0.2) is 0 Å². The van der Waals surface area contributed by atoms with Crippen molar-refractivity contribution < 1.29 is 4.74 Å². The van der Waals surface area contributed by atoms with E-state index in [1.165, 1.54) is 16.4 Å². The molecule has 7 rings (SSSR count). The molecule has 2 aliphatic heterocycles. The summed E-state index contributed by atoms with van der Waals surface area (Å²) in [5, 5.41) is 7.27. The van der Waals surface area contributed by atoms with Crippen molar-refractivity contribution in [2.24, 2.45) is 0 Å². The summed E-state index contributed by atoms with van der Waals surface area (Å²) in [5.74, 6) is 1.34. The third kappa shape index (κ3) is 3.04. The number of benzene rings is 3. The van der Waals surface area contributed by atoms with Crippen LogP contribution < -0.4 is 31.8 Å². The van der Waals surface area contributed by atoms with E-state index in [1.807, 2.05) is 48.7 Å². The molecule has 0 unspecified atom stereocenters. The normalized spacial score (nSPS) is 12.5. The molecule has 5 nitrogen and oxygen atoms in total. The van der Waals surface area contributed by atoms with Gasteiger partial charge in [0.1, 0.15) is 5.75 Å². The van der Waals surface area contributed by atoms with Crippen LogP contribution in [0.4, 0.5) is 22.7 Å². The lowest BCUT2D eigenvalue weighted by Gasteiger charge is -2.35. The molecule has 0 fully saturated rings. The Labute approximate surface area is 197 Å². The molecule has 0 radical (unpaired) electrons. The maximum absolute atomic E-state index is 6.09. The Morgan fingerprint density at radius 2 is 1.35 bits per heavy atom. The summed E-state index contributed by atoms with van der Waals surface area (Å²) in [6.07, 6.45) is 3.57. The lowest BCUT2D eigenvalue weighted by Crippen LogP contribution is -2.59. The Hall–Kier alpha value is -4.58. The molecule has 2 N–H and O–H groups in total. The summed E-state index contributed by atoms with van der Waals surface area (Å²) >= 11 is 0. The van der Waals surface area contributed by atoms with E-state index in [2.05, 4.69) is 69.1 Å². The fraction of sp³-hybridized carbons (Fsp3) is 0. The highest BCUT2D eigenvalue weighted by Crippen LogP contribution is 2.32. The Balaban J connectivity index is 1.40. The minimum absolute atomic E-state index is 0.0645. The van der Waals surface area contributed by atoms with Crippen LogP contribution in [-0.2, 0) is 0 Å². The van der Waals surface area contributed by atoms with Gasteiger partial charge in [-0.25, -0.2) is 4.98 Å². The molecule has 6 heteroatoms. The molecule has 0 amide bonds. The van der Waals surface area contributed by atoms with Crippen LogP contribution in [0.15, 0.2) is 103 Å². The standard InChI is InChI=1S/C28H19BN4O/c1-3-14-30-22(6-1)18-10-12-23-20(16-18)29-21-17-19(34-27-9-2-4-15-31-27)11-13-24(21)33-26-8-5-7-25(32-23)28(26)29/h1-17,32-33H. The van der Waals surface area contributed by atoms with Crippen molar-refractivity contribution in [3.05, 3.63) is 103 Å². The van der Waals surface area contributed by atoms with E-state index in [9.17, 15) is 0 Å². The van der Waals surface area contributed by atoms with Gasteiger partial charge < -0.3 is 15.4 Å². The van der Waals surface area contributed by atoms with Crippen LogP contribution in [0.25, 0.3) is 11.3 Å². The first-order chi connectivity index (χ1) is 16.8. The molecule has 0 saturated heterocycles. The first-order valence-corrected chi connectivity index (χ1v) is 11.3. The van der Waals surface area contributed by atoms with E-state index in [1.54, 1.807) is 6.20 Å². The number of aromatic nitrogens is 2. The zero-order chi connectivity index (χ0) is 22.5. The van der Waals surface area contributed by atoms with Gasteiger partial charge in [-0.1, -0.05) is 30.3 Å². The van der Waals surface area contributed by atoms with Crippen LogP contribution in [0.5, 0.6) is 11.6 Å². The molecule has 5 aromatic rings. The van der Waals surface area contributed by atoms with Gasteiger partial charge in [0.05, 0.1) is 5.69 Å². The summed E-state index contributed by atoms with van der Waals surface area (Å²) in [7, 11) is 0. The summed E-state index contributed by atoms with van der Waals surface area (Å²) in [6.45, 7) is 0.0645. The maximum atomic E-state index is 6.09. The average molecular weight is 438 g/mol. The van der Waals surface area contributed by atoms with E-state index in [4.69, 9.17) is 4.74 Å². The largest absolute Gasteiger partial charge is 0.439 e. The zero-order valence-electron chi connectivity index (χ0n) is 18.2. The van der Waals surface area contributed by atoms with E-state index < -0.39 is 0 Å². The first-order valence-electron chi connectivity index (χ1n) is 11.3. The first kappa shape index (κ1) is 18.9. The highest BCUT2D eigenvalue weighted by molar-refractivity contribution is 7.00. The number of fused-ring (bicyclic) bond motifs is 4. The van der Waals surface area contributed by atoms with Crippen molar-refractivity contribution in [2.45, 2.75) is 0 Å². The van der Waals surface area contributed by atoms with Gasteiger partial charge in [0.2, 0.25) is 5.88 Å². The molecule has 2 aromatic heterocycles. The van der Waals surface area contributed by atoms with Crippen molar-refractivity contribution >= 4 is 45.9 Å². The van der Waals surface area contributed by atoms with Crippen molar-refractivity contribution in [3.63, 3.8) is 0 Å². The van der Waals surface area contributed by atoms with E-state index >= 15 is 0 Å². The van der Waals surface area contributed by atoms with Gasteiger partial charge in [0, 0.05) is 41.2 Å². The summed E-state index contributed by atoms with van der Waals surface area (Å²) in [4.78, 5) is 8.88. The van der Waals surface area contributed by atoms with Gasteiger partial charge >= 0.3 is 0 Å². The molecule has 0 atom stereocenters. The molecule has 2 aliphatic rings. The molecular weight excluding hydrogens is 419 g/mol. The van der Waals surface area contributed by atoms with Gasteiger partial charge in [-0.2, -0.15) is 0 Å². The minimum Gasteiger partial charge on any atom is -0.439 e. The smallest absolute Gasteiger partial charge is 0.252 e. The number of nitrogens with zero attached hydrogens (tertiary/aromatic N) is 2. The molecule has 34 heavy (non-hydrogen) atoms. The van der Waals surface area contributed by atoms with E-state index in [0.717, 1.165) is 39.8 Å². The zero-order valence-corrected chi connectivity index (χ0v) is 18.2. The number of rotatable bonds is 3. The molecule has 0 spiro atoms. The fourth-order valence-electron chi connectivity index (χ4n) is 4.96. The second-order valence-electron chi connectivity index (χ2n) is 8.49. The number of anilines is 4. The van der Waals surface area contributed by atoms with Crippen LogP contribution >= 0.6 is 0 Å². The minimum atomic E-state index is 0.0645. The third-order valence-corrected chi connectivity index (χ3v) is 6.45. The Bertz CT molecular complexity index is 1530. The van der Waals surface area contributed by atoms with Crippen LogP contribution in [0.3, 0.4) is 0 Å². The van der Waals surface area contributed by atoms with Gasteiger partial charge in [-0.05, 0) is 76.5 Å². The number of hydrogen-bond donors (Lipinski definition) is 2. The fourth-order valence-corrected chi connectivity index (χ4v) is 4.96. The van der Waals surface area contributed by atoms with Crippen LogP contribution in [0.1, 0.15) is 0 Å². The topological polar surface area (TPSA) is 59.1 Å².